The number of rotatable bonds is 3. The van der Waals surface area contributed by atoms with Crippen LogP contribution in [0.4, 0.5) is 0 Å². The van der Waals surface area contributed by atoms with Gasteiger partial charge in [0.2, 0.25) is 0 Å². The van der Waals surface area contributed by atoms with Crippen molar-refractivity contribution in [1.29, 1.82) is 0 Å². The highest BCUT2D eigenvalue weighted by Crippen LogP contribution is 2.28. The SMILES string of the molecule is COc1ccc(C2=CC(=Cc3ccccc3)C(=O)O2)cc1. The van der Waals surface area contributed by atoms with Gasteiger partial charge in [0.05, 0.1) is 12.7 Å². The molecule has 0 spiro atoms. The molecule has 0 saturated carbocycles. The number of esters is 1. The fourth-order valence-corrected chi connectivity index (χ4v) is 2.12. The molecular weight excluding hydrogens is 264 g/mol. The van der Waals surface area contributed by atoms with E-state index in [4.69, 9.17) is 9.47 Å². The van der Waals surface area contributed by atoms with E-state index in [1.54, 1.807) is 13.2 Å². The van der Waals surface area contributed by atoms with Crippen LogP contribution in [0.15, 0.2) is 66.2 Å². The largest absolute Gasteiger partial charge is 0.497 e. The molecule has 0 aromatic heterocycles. The normalized spacial score (nSPS) is 15.8. The van der Waals surface area contributed by atoms with E-state index in [1.807, 2.05) is 60.7 Å². The lowest BCUT2D eigenvalue weighted by Crippen LogP contribution is -1.97. The lowest BCUT2D eigenvalue weighted by atomic mass is 10.1. The van der Waals surface area contributed by atoms with Crippen LogP contribution >= 0.6 is 0 Å². The van der Waals surface area contributed by atoms with E-state index in [9.17, 15) is 4.79 Å². The molecule has 2 aromatic carbocycles. The molecule has 0 N–H and O–H groups in total. The summed E-state index contributed by atoms with van der Waals surface area (Å²) in [7, 11) is 1.62. The Morgan fingerprint density at radius 1 is 1.00 bits per heavy atom. The second-order valence-corrected chi connectivity index (χ2v) is 4.64. The van der Waals surface area contributed by atoms with Crippen LogP contribution in [0.1, 0.15) is 11.1 Å². The first-order valence-electron chi connectivity index (χ1n) is 6.61. The zero-order chi connectivity index (χ0) is 14.7. The van der Waals surface area contributed by atoms with Gasteiger partial charge < -0.3 is 9.47 Å². The van der Waals surface area contributed by atoms with Crippen molar-refractivity contribution in [3.05, 3.63) is 77.4 Å². The first-order valence-corrected chi connectivity index (χ1v) is 6.61. The predicted octanol–water partition coefficient (Wildman–Crippen LogP) is 3.68. The first kappa shape index (κ1) is 13.2. The molecule has 0 atom stereocenters. The van der Waals surface area contributed by atoms with Gasteiger partial charge in [-0.3, -0.25) is 0 Å². The summed E-state index contributed by atoms with van der Waals surface area (Å²) in [5.41, 5.74) is 2.37. The third kappa shape index (κ3) is 2.87. The van der Waals surface area contributed by atoms with Crippen LogP contribution in [0.25, 0.3) is 11.8 Å². The van der Waals surface area contributed by atoms with Crippen molar-refractivity contribution >= 4 is 17.8 Å². The van der Waals surface area contributed by atoms with E-state index in [0.717, 1.165) is 16.9 Å². The Morgan fingerprint density at radius 3 is 2.38 bits per heavy atom. The fraction of sp³-hybridized carbons (Fsp3) is 0.0556. The number of carbonyl (C=O) groups is 1. The molecular formula is C18H14O3. The summed E-state index contributed by atoms with van der Waals surface area (Å²) in [6.45, 7) is 0. The minimum absolute atomic E-state index is 0.329. The van der Waals surface area contributed by atoms with Crippen molar-refractivity contribution in [3.8, 4) is 5.75 Å². The van der Waals surface area contributed by atoms with Gasteiger partial charge in [0, 0.05) is 5.56 Å². The van der Waals surface area contributed by atoms with E-state index < -0.39 is 0 Å². The summed E-state index contributed by atoms with van der Waals surface area (Å²) in [4.78, 5) is 11.9. The summed E-state index contributed by atoms with van der Waals surface area (Å²) in [5, 5.41) is 0. The Morgan fingerprint density at radius 2 is 1.71 bits per heavy atom. The fourth-order valence-electron chi connectivity index (χ4n) is 2.12. The Labute approximate surface area is 123 Å². The topological polar surface area (TPSA) is 35.5 Å². The van der Waals surface area contributed by atoms with Crippen molar-refractivity contribution < 1.29 is 14.3 Å². The van der Waals surface area contributed by atoms with Crippen LogP contribution in [-0.4, -0.2) is 13.1 Å². The Bertz CT molecular complexity index is 710. The molecule has 21 heavy (non-hydrogen) atoms. The number of cyclic esters (lactones) is 1. The van der Waals surface area contributed by atoms with Gasteiger partial charge in [0.15, 0.2) is 0 Å². The molecule has 2 aromatic rings. The molecule has 1 heterocycles. The van der Waals surface area contributed by atoms with Gasteiger partial charge in [-0.25, -0.2) is 4.79 Å². The highest BCUT2D eigenvalue weighted by molar-refractivity contribution is 6.05. The van der Waals surface area contributed by atoms with Crippen molar-refractivity contribution in [2.45, 2.75) is 0 Å². The summed E-state index contributed by atoms with van der Waals surface area (Å²) >= 11 is 0. The summed E-state index contributed by atoms with van der Waals surface area (Å²) in [6, 6.07) is 17.1. The third-order valence-corrected chi connectivity index (χ3v) is 3.22. The quantitative estimate of drug-likeness (QED) is 0.634. The molecule has 0 radical (unpaired) electrons. The summed E-state index contributed by atoms with van der Waals surface area (Å²) in [6.07, 6.45) is 3.58. The van der Waals surface area contributed by atoms with Crippen LogP contribution in [0, 0.1) is 0 Å². The molecule has 1 aliphatic heterocycles. The summed E-state index contributed by atoms with van der Waals surface area (Å²) < 4.78 is 10.4. The number of methoxy groups -OCH3 is 1. The Kier molecular flexibility index (Phi) is 3.56. The average Bonchev–Trinajstić information content (AvgIpc) is 2.89. The van der Waals surface area contributed by atoms with Crippen LogP contribution in [0.2, 0.25) is 0 Å². The zero-order valence-corrected chi connectivity index (χ0v) is 11.6. The molecule has 1 aliphatic rings. The van der Waals surface area contributed by atoms with Crippen molar-refractivity contribution in [2.75, 3.05) is 7.11 Å². The highest BCUT2D eigenvalue weighted by Gasteiger charge is 2.21. The van der Waals surface area contributed by atoms with Gasteiger partial charge in [-0.15, -0.1) is 0 Å². The standard InChI is InChI=1S/C18H14O3/c1-20-16-9-7-14(8-10-16)17-12-15(18(19)21-17)11-13-5-3-2-4-6-13/h2-12H,1H3. The zero-order valence-electron chi connectivity index (χ0n) is 11.6. The van der Waals surface area contributed by atoms with Crippen LogP contribution < -0.4 is 4.74 Å². The monoisotopic (exact) mass is 278 g/mol. The van der Waals surface area contributed by atoms with E-state index in [2.05, 4.69) is 0 Å². The average molecular weight is 278 g/mol. The maximum Gasteiger partial charge on any atom is 0.343 e. The van der Waals surface area contributed by atoms with E-state index in [1.165, 1.54) is 0 Å². The highest BCUT2D eigenvalue weighted by atomic mass is 16.5. The summed E-state index contributed by atoms with van der Waals surface area (Å²) in [5.74, 6) is 0.998. The van der Waals surface area contributed by atoms with Gasteiger partial charge in [-0.1, -0.05) is 30.3 Å². The molecule has 0 saturated heterocycles. The molecule has 0 bridgehead atoms. The number of ether oxygens (including phenoxy) is 2. The van der Waals surface area contributed by atoms with Gasteiger partial charge in [0.1, 0.15) is 11.5 Å². The van der Waals surface area contributed by atoms with Crippen molar-refractivity contribution in [3.63, 3.8) is 0 Å². The molecule has 104 valence electrons. The number of hydrogen-bond donors (Lipinski definition) is 0. The molecule has 3 heteroatoms. The maximum absolute atomic E-state index is 11.9. The molecule has 0 unspecified atom stereocenters. The second kappa shape index (κ2) is 5.67. The molecule has 0 fully saturated rings. The Balaban J connectivity index is 1.89. The third-order valence-electron chi connectivity index (χ3n) is 3.22. The van der Waals surface area contributed by atoms with Crippen LogP contribution in [0.3, 0.4) is 0 Å². The van der Waals surface area contributed by atoms with Gasteiger partial charge >= 0.3 is 5.97 Å². The second-order valence-electron chi connectivity index (χ2n) is 4.64. The molecule has 3 nitrogen and oxygen atoms in total. The first-order chi connectivity index (χ1) is 10.3. The van der Waals surface area contributed by atoms with E-state index >= 15 is 0 Å². The van der Waals surface area contributed by atoms with Crippen molar-refractivity contribution in [2.24, 2.45) is 0 Å². The lowest BCUT2D eigenvalue weighted by Gasteiger charge is -2.03. The molecule has 0 aliphatic carbocycles. The smallest absolute Gasteiger partial charge is 0.343 e. The van der Waals surface area contributed by atoms with Crippen LogP contribution in [0.5, 0.6) is 5.75 Å². The van der Waals surface area contributed by atoms with E-state index in [0.29, 0.717) is 11.3 Å². The lowest BCUT2D eigenvalue weighted by molar-refractivity contribution is -0.130. The molecule has 0 amide bonds. The maximum atomic E-state index is 11.9. The molecule has 3 rings (SSSR count). The number of carbonyl (C=O) groups excluding carboxylic acids is 1. The number of benzene rings is 2. The number of hydrogen-bond acceptors (Lipinski definition) is 3. The van der Waals surface area contributed by atoms with Gasteiger partial charge in [-0.2, -0.15) is 0 Å². The van der Waals surface area contributed by atoms with Gasteiger partial charge in [-0.05, 0) is 42.0 Å². The van der Waals surface area contributed by atoms with Crippen molar-refractivity contribution in [1.82, 2.24) is 0 Å². The predicted molar refractivity (Wildman–Crippen MR) is 81.5 cm³/mol. The Hall–Kier alpha value is -2.81. The van der Waals surface area contributed by atoms with Crippen LogP contribution in [-0.2, 0) is 9.53 Å². The minimum atomic E-state index is -0.329. The van der Waals surface area contributed by atoms with Gasteiger partial charge in [0.25, 0.3) is 0 Å². The van der Waals surface area contributed by atoms with E-state index in [-0.39, 0.29) is 5.97 Å². The minimum Gasteiger partial charge on any atom is -0.497 e.